The average molecular weight is 457 g/mol. The summed E-state index contributed by atoms with van der Waals surface area (Å²) in [6, 6.07) is 19.1. The number of amides is 2. The summed E-state index contributed by atoms with van der Waals surface area (Å²) < 4.78 is 11.0. The number of aryl methyl sites for hydroxylation is 1. The van der Waals surface area contributed by atoms with Crippen molar-refractivity contribution < 1.29 is 19.1 Å². The van der Waals surface area contributed by atoms with Gasteiger partial charge >= 0.3 is 0 Å². The van der Waals surface area contributed by atoms with Crippen LogP contribution in [0, 0.1) is 0 Å². The summed E-state index contributed by atoms with van der Waals surface area (Å²) in [6.45, 7) is 2.64. The molecule has 0 saturated heterocycles. The molecule has 0 spiro atoms. The van der Waals surface area contributed by atoms with E-state index in [1.54, 1.807) is 26.4 Å². The maximum absolute atomic E-state index is 13.9. The number of nitrogens with one attached hydrogen (secondary N) is 1. The number of hydrogen-bond donors (Lipinski definition) is 1. The van der Waals surface area contributed by atoms with Gasteiger partial charge in [0.2, 0.25) is 5.91 Å². The molecule has 2 aliphatic rings. The summed E-state index contributed by atoms with van der Waals surface area (Å²) in [6.07, 6.45) is 1.64. The molecule has 2 amide bonds. The minimum absolute atomic E-state index is 0.0903. The van der Waals surface area contributed by atoms with Crippen molar-refractivity contribution in [2.45, 2.75) is 31.7 Å². The van der Waals surface area contributed by atoms with E-state index in [0.29, 0.717) is 29.2 Å². The second-order valence-corrected chi connectivity index (χ2v) is 8.71. The Morgan fingerprint density at radius 3 is 2.53 bits per heavy atom. The summed E-state index contributed by atoms with van der Waals surface area (Å²) >= 11 is 0. The zero-order valence-electron chi connectivity index (χ0n) is 19.6. The molecule has 3 aromatic rings. The number of rotatable bonds is 5. The molecule has 5 rings (SSSR count). The first-order valence-corrected chi connectivity index (χ1v) is 11.6. The van der Waals surface area contributed by atoms with Crippen molar-refractivity contribution in [1.29, 1.82) is 0 Å². The van der Waals surface area contributed by atoms with Gasteiger partial charge in [0.05, 0.1) is 26.2 Å². The molecule has 0 bridgehead atoms. The molecule has 6 heteroatoms. The van der Waals surface area contributed by atoms with Gasteiger partial charge in [-0.05, 0) is 59.4 Å². The van der Waals surface area contributed by atoms with Gasteiger partial charge in [-0.3, -0.25) is 9.59 Å². The Morgan fingerprint density at radius 2 is 1.76 bits per heavy atom. The lowest BCUT2D eigenvalue weighted by Crippen LogP contribution is -2.49. The lowest BCUT2D eigenvalue weighted by molar-refractivity contribution is -0.119. The number of hydrogen-bond acceptors (Lipinski definition) is 4. The van der Waals surface area contributed by atoms with Crippen LogP contribution in [-0.4, -0.2) is 37.5 Å². The van der Waals surface area contributed by atoms with E-state index < -0.39 is 12.0 Å². The SMILES string of the molecule is CCc1cccc(NC(=O)[C@@H]2c3cc(OC)c(OC)cc3C(=O)N3CCc4ccccc4[C@H]23)c1. The summed E-state index contributed by atoms with van der Waals surface area (Å²) in [7, 11) is 3.10. The topological polar surface area (TPSA) is 67.9 Å². The van der Waals surface area contributed by atoms with Gasteiger partial charge in [-0.2, -0.15) is 0 Å². The number of nitrogens with zero attached hydrogens (tertiary/aromatic N) is 1. The molecule has 2 heterocycles. The van der Waals surface area contributed by atoms with Crippen LogP contribution in [0.4, 0.5) is 5.69 Å². The van der Waals surface area contributed by atoms with Crippen LogP contribution in [0.3, 0.4) is 0 Å². The number of anilines is 1. The highest BCUT2D eigenvalue weighted by molar-refractivity contribution is 6.05. The second kappa shape index (κ2) is 8.86. The molecule has 0 radical (unpaired) electrons. The largest absolute Gasteiger partial charge is 0.493 e. The highest BCUT2D eigenvalue weighted by Gasteiger charge is 2.47. The second-order valence-electron chi connectivity index (χ2n) is 8.71. The van der Waals surface area contributed by atoms with Gasteiger partial charge < -0.3 is 19.7 Å². The first-order valence-electron chi connectivity index (χ1n) is 11.6. The maximum atomic E-state index is 13.9. The summed E-state index contributed by atoms with van der Waals surface area (Å²) in [5, 5.41) is 3.12. The molecule has 34 heavy (non-hydrogen) atoms. The van der Waals surface area contributed by atoms with Crippen molar-refractivity contribution >= 4 is 17.5 Å². The molecule has 0 aromatic heterocycles. The fourth-order valence-electron chi connectivity index (χ4n) is 5.22. The summed E-state index contributed by atoms with van der Waals surface area (Å²) in [5.74, 6) is 0.130. The molecule has 3 aromatic carbocycles. The van der Waals surface area contributed by atoms with Gasteiger partial charge in [-0.15, -0.1) is 0 Å². The molecule has 0 aliphatic carbocycles. The van der Waals surface area contributed by atoms with Gasteiger partial charge in [-0.1, -0.05) is 43.3 Å². The fourth-order valence-corrected chi connectivity index (χ4v) is 5.22. The van der Waals surface area contributed by atoms with E-state index in [4.69, 9.17) is 9.47 Å². The van der Waals surface area contributed by atoms with Crippen LogP contribution < -0.4 is 14.8 Å². The van der Waals surface area contributed by atoms with Gasteiger partial charge in [0.15, 0.2) is 11.5 Å². The van der Waals surface area contributed by atoms with Gasteiger partial charge in [0.25, 0.3) is 5.91 Å². The Labute approximate surface area is 199 Å². The standard InChI is InChI=1S/C28H28N2O4/c1-4-17-8-7-10-19(14-17)29-27(31)25-21-15-23(33-2)24(34-3)16-22(21)28(32)30-13-12-18-9-5-6-11-20(18)26(25)30/h5-11,14-16,25-26H,4,12-13H2,1-3H3,(H,29,31)/t25-,26-/m1/s1. The number of fused-ring (bicyclic) bond motifs is 4. The minimum atomic E-state index is -0.598. The zero-order chi connectivity index (χ0) is 23.8. The number of benzene rings is 3. The van der Waals surface area contributed by atoms with E-state index >= 15 is 0 Å². The molecular weight excluding hydrogens is 428 g/mol. The number of methoxy groups -OCH3 is 2. The van der Waals surface area contributed by atoms with Crippen LogP contribution in [0.15, 0.2) is 60.7 Å². The quantitative estimate of drug-likeness (QED) is 0.602. The summed E-state index contributed by atoms with van der Waals surface area (Å²) in [5.41, 5.74) is 5.23. The van der Waals surface area contributed by atoms with E-state index in [1.165, 1.54) is 5.56 Å². The Balaban J connectivity index is 1.66. The monoisotopic (exact) mass is 456 g/mol. The van der Waals surface area contributed by atoms with Crippen LogP contribution in [0.2, 0.25) is 0 Å². The normalized spacial score (nSPS) is 18.4. The third-order valence-electron chi connectivity index (χ3n) is 6.91. The highest BCUT2D eigenvalue weighted by Crippen LogP contribution is 2.48. The van der Waals surface area contributed by atoms with E-state index in [-0.39, 0.29) is 11.8 Å². The third-order valence-corrected chi connectivity index (χ3v) is 6.91. The smallest absolute Gasteiger partial charge is 0.254 e. The molecule has 6 nitrogen and oxygen atoms in total. The Bertz CT molecular complexity index is 1270. The van der Waals surface area contributed by atoms with Crippen molar-refractivity contribution in [1.82, 2.24) is 4.90 Å². The number of carbonyl (C=O) groups is 2. The van der Waals surface area contributed by atoms with Gasteiger partial charge in [-0.25, -0.2) is 0 Å². The molecule has 0 fully saturated rings. The van der Waals surface area contributed by atoms with Crippen LogP contribution >= 0.6 is 0 Å². The van der Waals surface area contributed by atoms with Crippen molar-refractivity contribution in [2.75, 3.05) is 26.1 Å². The maximum Gasteiger partial charge on any atom is 0.254 e. The highest BCUT2D eigenvalue weighted by atomic mass is 16.5. The predicted molar refractivity (Wildman–Crippen MR) is 131 cm³/mol. The lowest BCUT2D eigenvalue weighted by Gasteiger charge is -2.45. The fraction of sp³-hybridized carbons (Fsp3) is 0.286. The van der Waals surface area contributed by atoms with E-state index in [0.717, 1.165) is 29.7 Å². The van der Waals surface area contributed by atoms with Crippen LogP contribution in [0.5, 0.6) is 11.5 Å². The van der Waals surface area contributed by atoms with Crippen molar-refractivity contribution in [3.05, 3.63) is 88.5 Å². The minimum Gasteiger partial charge on any atom is -0.493 e. The Kier molecular flexibility index (Phi) is 5.74. The van der Waals surface area contributed by atoms with Crippen molar-refractivity contribution in [2.24, 2.45) is 0 Å². The average Bonchev–Trinajstić information content (AvgIpc) is 2.88. The van der Waals surface area contributed by atoms with Gasteiger partial charge in [0, 0.05) is 17.8 Å². The first-order chi connectivity index (χ1) is 16.5. The third kappa shape index (κ3) is 3.59. The molecule has 2 aliphatic heterocycles. The van der Waals surface area contributed by atoms with E-state index in [2.05, 4.69) is 18.3 Å². The zero-order valence-corrected chi connectivity index (χ0v) is 19.6. The summed E-state index contributed by atoms with van der Waals surface area (Å²) in [4.78, 5) is 29.4. The molecule has 174 valence electrons. The predicted octanol–water partition coefficient (Wildman–Crippen LogP) is 4.74. The van der Waals surface area contributed by atoms with E-state index in [1.807, 2.05) is 47.4 Å². The van der Waals surface area contributed by atoms with Gasteiger partial charge in [0.1, 0.15) is 0 Å². The van der Waals surface area contributed by atoms with Crippen LogP contribution in [0.25, 0.3) is 0 Å². The van der Waals surface area contributed by atoms with Crippen molar-refractivity contribution in [3.8, 4) is 11.5 Å². The molecule has 0 saturated carbocycles. The van der Waals surface area contributed by atoms with Crippen LogP contribution in [0.1, 0.15) is 51.5 Å². The molecule has 2 atom stereocenters. The Hall–Kier alpha value is -3.80. The molecule has 0 unspecified atom stereocenters. The lowest BCUT2D eigenvalue weighted by atomic mass is 9.75. The molecular formula is C28H28N2O4. The number of ether oxygens (including phenoxy) is 2. The van der Waals surface area contributed by atoms with Crippen molar-refractivity contribution in [3.63, 3.8) is 0 Å². The molecule has 1 N–H and O–H groups in total. The first kappa shape index (κ1) is 22.0. The van der Waals surface area contributed by atoms with Crippen LogP contribution in [-0.2, 0) is 17.6 Å². The van der Waals surface area contributed by atoms with E-state index in [9.17, 15) is 9.59 Å². The Morgan fingerprint density at radius 1 is 1.00 bits per heavy atom. The number of carbonyl (C=O) groups excluding carboxylic acids is 2.